The summed E-state index contributed by atoms with van der Waals surface area (Å²) in [5.41, 5.74) is 2.28. The van der Waals surface area contributed by atoms with Gasteiger partial charge in [0.25, 0.3) is 0 Å². The molecule has 0 aliphatic heterocycles. The van der Waals surface area contributed by atoms with Crippen molar-refractivity contribution >= 4 is 17.3 Å². The number of rotatable bonds is 4. The highest BCUT2D eigenvalue weighted by Crippen LogP contribution is 2.07. The molecule has 0 spiro atoms. The number of halogens is 1. The van der Waals surface area contributed by atoms with Crippen molar-refractivity contribution in [3.63, 3.8) is 0 Å². The fraction of sp³-hybridized carbons (Fsp3) is 0.167. The molecule has 0 aliphatic rings. The van der Waals surface area contributed by atoms with Gasteiger partial charge in [-0.2, -0.15) is 0 Å². The van der Waals surface area contributed by atoms with Crippen molar-refractivity contribution < 1.29 is 0 Å². The van der Waals surface area contributed by atoms with Crippen LogP contribution < -0.4 is 0 Å². The molecule has 1 aromatic heterocycles. The Morgan fingerprint density at radius 2 is 2.27 bits per heavy atom. The van der Waals surface area contributed by atoms with Gasteiger partial charge < -0.3 is 5.41 Å². The first-order chi connectivity index (χ1) is 7.08. The Morgan fingerprint density at radius 1 is 1.53 bits per heavy atom. The normalized spacial score (nSPS) is 10.5. The molecule has 0 fully saturated rings. The van der Waals surface area contributed by atoms with Gasteiger partial charge in [-0.1, -0.05) is 29.8 Å². The minimum absolute atomic E-state index is 0.507. The Kier molecular flexibility index (Phi) is 4.25. The first-order valence-corrected chi connectivity index (χ1v) is 4.97. The summed E-state index contributed by atoms with van der Waals surface area (Å²) in [5, 5.41) is 8.29. The summed E-state index contributed by atoms with van der Waals surface area (Å²) in [6.07, 6.45) is 5.66. The smallest absolute Gasteiger partial charge is 0.0589 e. The van der Waals surface area contributed by atoms with Gasteiger partial charge in [0.1, 0.15) is 0 Å². The number of allylic oxidation sites excluding steroid dienone is 3. The maximum absolute atomic E-state index is 7.67. The summed E-state index contributed by atoms with van der Waals surface area (Å²) in [6.45, 7) is 5.62. The van der Waals surface area contributed by atoms with Crippen LogP contribution in [0.2, 0.25) is 5.02 Å². The number of aromatic nitrogens is 1. The van der Waals surface area contributed by atoms with E-state index in [1.807, 2.05) is 19.1 Å². The van der Waals surface area contributed by atoms with E-state index in [4.69, 9.17) is 17.0 Å². The van der Waals surface area contributed by atoms with Crippen LogP contribution in [0.4, 0.5) is 0 Å². The molecule has 1 N–H and O–H groups in total. The highest BCUT2D eigenvalue weighted by molar-refractivity contribution is 6.30. The van der Waals surface area contributed by atoms with Crippen LogP contribution in [0.3, 0.4) is 0 Å². The zero-order valence-electron chi connectivity index (χ0n) is 8.63. The van der Waals surface area contributed by atoms with E-state index in [2.05, 4.69) is 11.6 Å². The third-order valence-electron chi connectivity index (χ3n) is 1.73. The van der Waals surface area contributed by atoms with E-state index in [9.17, 15) is 0 Å². The predicted octanol–water partition coefficient (Wildman–Crippen LogP) is 3.43. The molecule has 0 saturated heterocycles. The van der Waals surface area contributed by atoms with Crippen molar-refractivity contribution in [2.24, 2.45) is 0 Å². The minimum atomic E-state index is 0.507. The standard InChI is InChI=1S/C12H13ClN2/c1-9(2)3-5-11(14)7-12-6-4-10(13)8-15-12/h3-6,8,14H,1,7H2,2H3/b5-3-,14-11?. The quantitative estimate of drug-likeness (QED) is 0.613. The molecule has 3 heteroatoms. The predicted molar refractivity (Wildman–Crippen MR) is 64.6 cm³/mol. The molecule has 15 heavy (non-hydrogen) atoms. The highest BCUT2D eigenvalue weighted by Gasteiger charge is 1.97. The van der Waals surface area contributed by atoms with Gasteiger partial charge in [0.2, 0.25) is 0 Å². The van der Waals surface area contributed by atoms with Gasteiger partial charge in [-0.15, -0.1) is 0 Å². The average molecular weight is 221 g/mol. The molecular weight excluding hydrogens is 208 g/mol. The fourth-order valence-electron chi connectivity index (χ4n) is 1.01. The SMILES string of the molecule is C=C(C)/C=C\C(=N)Cc1ccc(Cl)cn1. The van der Waals surface area contributed by atoms with Crippen molar-refractivity contribution in [3.05, 3.63) is 53.4 Å². The van der Waals surface area contributed by atoms with E-state index in [0.717, 1.165) is 11.3 Å². The average Bonchev–Trinajstić information content (AvgIpc) is 2.19. The van der Waals surface area contributed by atoms with E-state index < -0.39 is 0 Å². The van der Waals surface area contributed by atoms with E-state index in [0.29, 0.717) is 17.2 Å². The van der Waals surface area contributed by atoms with Crippen molar-refractivity contribution in [1.29, 1.82) is 5.41 Å². The summed E-state index contributed by atoms with van der Waals surface area (Å²) in [4.78, 5) is 4.12. The molecule has 2 nitrogen and oxygen atoms in total. The van der Waals surface area contributed by atoms with Crippen LogP contribution in [-0.4, -0.2) is 10.7 Å². The van der Waals surface area contributed by atoms with E-state index in [-0.39, 0.29) is 0 Å². The lowest BCUT2D eigenvalue weighted by Crippen LogP contribution is -1.99. The molecule has 0 amide bonds. The largest absolute Gasteiger partial charge is 0.305 e. The van der Waals surface area contributed by atoms with Crippen molar-refractivity contribution in [1.82, 2.24) is 4.98 Å². The molecule has 1 rings (SSSR count). The zero-order chi connectivity index (χ0) is 11.3. The maximum atomic E-state index is 7.67. The molecular formula is C12H13ClN2. The van der Waals surface area contributed by atoms with Gasteiger partial charge in [0.05, 0.1) is 5.02 Å². The highest BCUT2D eigenvalue weighted by atomic mass is 35.5. The van der Waals surface area contributed by atoms with Crippen molar-refractivity contribution in [2.45, 2.75) is 13.3 Å². The molecule has 0 radical (unpaired) electrons. The summed E-state index contributed by atoms with van der Waals surface area (Å²) in [5.74, 6) is 0. The molecule has 78 valence electrons. The molecule has 1 aromatic rings. The van der Waals surface area contributed by atoms with Crippen LogP contribution >= 0.6 is 11.6 Å². The fourth-order valence-corrected chi connectivity index (χ4v) is 1.12. The Balaban J connectivity index is 2.59. The van der Waals surface area contributed by atoms with Gasteiger partial charge in [-0.3, -0.25) is 4.98 Å². The molecule has 0 aliphatic carbocycles. The second-order valence-electron chi connectivity index (χ2n) is 3.35. The van der Waals surface area contributed by atoms with Gasteiger partial charge in [0, 0.05) is 24.0 Å². The van der Waals surface area contributed by atoms with Crippen LogP contribution in [0, 0.1) is 5.41 Å². The summed E-state index contributed by atoms with van der Waals surface area (Å²) >= 11 is 5.71. The Labute approximate surface area is 94.8 Å². The first-order valence-electron chi connectivity index (χ1n) is 4.59. The Bertz CT molecular complexity index is 391. The lowest BCUT2D eigenvalue weighted by molar-refractivity contribution is 1.13. The summed E-state index contributed by atoms with van der Waals surface area (Å²) in [7, 11) is 0. The van der Waals surface area contributed by atoms with E-state index in [1.165, 1.54) is 0 Å². The maximum Gasteiger partial charge on any atom is 0.0589 e. The second kappa shape index (κ2) is 5.47. The van der Waals surface area contributed by atoms with Gasteiger partial charge in [0.15, 0.2) is 0 Å². The minimum Gasteiger partial charge on any atom is -0.305 e. The topological polar surface area (TPSA) is 36.7 Å². The first kappa shape index (κ1) is 11.7. The lowest BCUT2D eigenvalue weighted by Gasteiger charge is -1.98. The van der Waals surface area contributed by atoms with E-state index in [1.54, 1.807) is 18.3 Å². The second-order valence-corrected chi connectivity index (χ2v) is 3.79. The molecule has 1 heterocycles. The number of hydrogen-bond acceptors (Lipinski definition) is 2. The van der Waals surface area contributed by atoms with Gasteiger partial charge in [-0.05, 0) is 25.1 Å². The number of hydrogen-bond donors (Lipinski definition) is 1. The van der Waals surface area contributed by atoms with Crippen LogP contribution in [-0.2, 0) is 6.42 Å². The molecule has 0 saturated carbocycles. The van der Waals surface area contributed by atoms with E-state index >= 15 is 0 Å². The van der Waals surface area contributed by atoms with Crippen molar-refractivity contribution in [2.75, 3.05) is 0 Å². The summed E-state index contributed by atoms with van der Waals surface area (Å²) in [6, 6.07) is 3.60. The van der Waals surface area contributed by atoms with Crippen LogP contribution in [0.5, 0.6) is 0 Å². The van der Waals surface area contributed by atoms with Crippen molar-refractivity contribution in [3.8, 4) is 0 Å². The van der Waals surface area contributed by atoms with Crippen LogP contribution in [0.1, 0.15) is 12.6 Å². The molecule has 0 atom stereocenters. The van der Waals surface area contributed by atoms with Crippen LogP contribution in [0.15, 0.2) is 42.6 Å². The Morgan fingerprint density at radius 3 is 2.80 bits per heavy atom. The molecule has 0 aromatic carbocycles. The number of nitrogens with one attached hydrogen (secondary N) is 1. The third-order valence-corrected chi connectivity index (χ3v) is 1.95. The van der Waals surface area contributed by atoms with Gasteiger partial charge in [-0.25, -0.2) is 0 Å². The molecule has 0 unspecified atom stereocenters. The lowest BCUT2D eigenvalue weighted by atomic mass is 10.1. The number of nitrogens with zero attached hydrogens (tertiary/aromatic N) is 1. The summed E-state index contributed by atoms with van der Waals surface area (Å²) < 4.78 is 0. The number of pyridine rings is 1. The van der Waals surface area contributed by atoms with Gasteiger partial charge >= 0.3 is 0 Å². The van der Waals surface area contributed by atoms with Crippen LogP contribution in [0.25, 0.3) is 0 Å². The zero-order valence-corrected chi connectivity index (χ0v) is 9.38. The monoisotopic (exact) mass is 220 g/mol. The third kappa shape index (κ3) is 4.56. The molecule has 0 bridgehead atoms. The Hall–Kier alpha value is -1.41.